The Bertz CT molecular complexity index is 670. The SMILES string of the molecule is NC(C=O)C(O)C(OC1OC(C(=O)O)=CC(O)C1O)C(O)COS(=O)(=O)O.[Na]. The van der Waals surface area contributed by atoms with Gasteiger partial charge in [0.05, 0.1) is 12.6 Å². The Morgan fingerprint density at radius 1 is 1.36 bits per heavy atom. The fourth-order valence-electron chi connectivity index (χ4n) is 1.98. The van der Waals surface area contributed by atoms with Crippen molar-refractivity contribution in [3.05, 3.63) is 11.8 Å². The zero-order valence-corrected chi connectivity index (χ0v) is 17.2. The van der Waals surface area contributed by atoms with Crippen LogP contribution in [0.25, 0.3) is 0 Å². The van der Waals surface area contributed by atoms with E-state index in [0.29, 0.717) is 6.08 Å². The molecule has 0 aliphatic carbocycles. The standard InChI is InChI=1S/C12H19NO13S.Na/c13-4(2-14)8(17)10(6(16)3-24-27(21,22)23)26-12-9(18)5(15)1-7(25-12)11(19)20;/h1-2,4-6,8-10,12,15-18H,3,13H2,(H,19,20)(H,21,22,23);. The summed E-state index contributed by atoms with van der Waals surface area (Å²) in [7, 11) is -4.98. The number of aliphatic carboxylic acids is 1. The van der Waals surface area contributed by atoms with Gasteiger partial charge in [0.15, 0.2) is 0 Å². The Kier molecular flexibility index (Phi) is 11.2. The minimum absolute atomic E-state index is 0. The van der Waals surface area contributed by atoms with Gasteiger partial charge in [0.1, 0.15) is 36.8 Å². The molecule has 0 spiro atoms. The molecule has 0 fully saturated rings. The minimum atomic E-state index is -4.98. The van der Waals surface area contributed by atoms with Crippen LogP contribution in [0.15, 0.2) is 11.8 Å². The van der Waals surface area contributed by atoms with Crippen LogP contribution in [-0.4, -0.2) is 130 Å². The minimum Gasteiger partial charge on any atom is -0.475 e. The van der Waals surface area contributed by atoms with Gasteiger partial charge in [0, 0.05) is 29.6 Å². The fraction of sp³-hybridized carbons (Fsp3) is 0.667. The molecule has 16 heteroatoms. The number of ether oxygens (including phenoxy) is 2. The summed E-state index contributed by atoms with van der Waals surface area (Å²) >= 11 is 0. The normalized spacial score (nSPS) is 26.6. The van der Waals surface area contributed by atoms with E-state index < -0.39 is 71.6 Å². The van der Waals surface area contributed by atoms with Crippen LogP contribution in [0, 0.1) is 0 Å². The first-order valence-corrected chi connectivity index (χ1v) is 8.56. The van der Waals surface area contributed by atoms with E-state index in [4.69, 9.17) is 24.9 Å². The molecule has 28 heavy (non-hydrogen) atoms. The molecule has 0 saturated heterocycles. The first-order valence-electron chi connectivity index (χ1n) is 7.19. The van der Waals surface area contributed by atoms with E-state index in [2.05, 4.69) is 4.18 Å². The van der Waals surface area contributed by atoms with Gasteiger partial charge in [-0.05, 0) is 6.08 Å². The van der Waals surface area contributed by atoms with Gasteiger partial charge in [-0.2, -0.15) is 8.42 Å². The van der Waals surface area contributed by atoms with Crippen molar-refractivity contribution in [1.29, 1.82) is 0 Å². The van der Waals surface area contributed by atoms with E-state index in [-0.39, 0.29) is 35.8 Å². The van der Waals surface area contributed by atoms with Gasteiger partial charge in [0.2, 0.25) is 12.0 Å². The fourth-order valence-corrected chi connectivity index (χ4v) is 2.29. The van der Waals surface area contributed by atoms with Gasteiger partial charge in [-0.15, -0.1) is 0 Å². The third-order valence-electron chi connectivity index (χ3n) is 3.35. The Balaban J connectivity index is 0.00000729. The predicted octanol–water partition coefficient (Wildman–Crippen LogP) is -4.90. The Labute approximate surface area is 180 Å². The van der Waals surface area contributed by atoms with Crippen LogP contribution in [-0.2, 0) is 33.6 Å². The quantitative estimate of drug-likeness (QED) is 0.0956. The second kappa shape index (κ2) is 11.5. The molecule has 7 unspecified atom stereocenters. The van der Waals surface area contributed by atoms with E-state index in [0.717, 1.165) is 0 Å². The van der Waals surface area contributed by atoms with Crippen molar-refractivity contribution in [2.45, 2.75) is 42.9 Å². The number of hydrogen-bond donors (Lipinski definition) is 7. The number of aldehydes is 1. The molecule has 1 aliphatic heterocycles. The average molecular weight is 440 g/mol. The molecule has 0 aromatic carbocycles. The smallest absolute Gasteiger partial charge is 0.397 e. The first kappa shape index (κ1) is 27.3. The molecule has 8 N–H and O–H groups in total. The topological polar surface area (TPSA) is 243 Å². The van der Waals surface area contributed by atoms with Gasteiger partial charge in [0.25, 0.3) is 0 Å². The maximum atomic E-state index is 11.0. The summed E-state index contributed by atoms with van der Waals surface area (Å²) in [5.74, 6) is -2.46. The molecule has 0 amide bonds. The van der Waals surface area contributed by atoms with Crippen molar-refractivity contribution in [3.63, 3.8) is 0 Å². The Morgan fingerprint density at radius 2 is 1.93 bits per heavy atom. The summed E-state index contributed by atoms with van der Waals surface area (Å²) in [6.45, 7) is -1.17. The number of hydrogen-bond acceptors (Lipinski definition) is 12. The second-order valence-electron chi connectivity index (χ2n) is 5.39. The molecule has 14 nitrogen and oxygen atoms in total. The summed E-state index contributed by atoms with van der Waals surface area (Å²) < 4.78 is 43.5. The van der Waals surface area contributed by atoms with E-state index in [1.54, 1.807) is 0 Å². The van der Waals surface area contributed by atoms with Crippen molar-refractivity contribution in [2.24, 2.45) is 5.73 Å². The van der Waals surface area contributed by atoms with E-state index >= 15 is 0 Å². The van der Waals surface area contributed by atoms with E-state index in [1.165, 1.54) is 0 Å². The largest absolute Gasteiger partial charge is 0.475 e. The van der Waals surface area contributed by atoms with E-state index in [9.17, 15) is 38.4 Å². The van der Waals surface area contributed by atoms with Crippen molar-refractivity contribution in [3.8, 4) is 0 Å². The molecule has 0 aromatic rings. The van der Waals surface area contributed by atoms with Gasteiger partial charge < -0.3 is 45.5 Å². The molecular weight excluding hydrogens is 421 g/mol. The maximum absolute atomic E-state index is 11.0. The van der Waals surface area contributed by atoms with Crippen molar-refractivity contribution < 1.29 is 61.7 Å². The molecule has 0 bridgehead atoms. The molecule has 1 radical (unpaired) electrons. The van der Waals surface area contributed by atoms with Crippen LogP contribution in [0.5, 0.6) is 0 Å². The summed E-state index contributed by atoms with van der Waals surface area (Å²) in [6.07, 6.45) is -10.9. The van der Waals surface area contributed by atoms with Crippen LogP contribution < -0.4 is 5.73 Å². The zero-order valence-electron chi connectivity index (χ0n) is 14.4. The predicted molar refractivity (Wildman–Crippen MR) is 86.8 cm³/mol. The zero-order chi connectivity index (χ0) is 20.9. The first-order chi connectivity index (χ1) is 12.4. The van der Waals surface area contributed by atoms with Crippen LogP contribution in [0.4, 0.5) is 0 Å². The summed E-state index contributed by atoms with van der Waals surface area (Å²) in [6, 6.07) is -1.66. The molecular formula is C12H19NNaO13S. The van der Waals surface area contributed by atoms with Crippen LogP contribution in [0.1, 0.15) is 0 Å². The number of rotatable bonds is 10. The molecule has 1 heterocycles. The number of aliphatic hydroxyl groups excluding tert-OH is 4. The Hall–Kier alpha value is -0.690. The number of aliphatic hydroxyl groups is 4. The summed E-state index contributed by atoms with van der Waals surface area (Å²) in [5, 5.41) is 48.3. The second-order valence-corrected chi connectivity index (χ2v) is 6.48. The molecule has 7 atom stereocenters. The van der Waals surface area contributed by atoms with Crippen molar-refractivity contribution in [2.75, 3.05) is 6.61 Å². The molecule has 0 saturated carbocycles. The number of carbonyl (C=O) groups is 2. The number of carbonyl (C=O) groups excluding carboxylic acids is 1. The number of carboxylic acids is 1. The third kappa shape index (κ3) is 7.97. The van der Waals surface area contributed by atoms with Crippen molar-refractivity contribution in [1.82, 2.24) is 0 Å². The molecule has 1 aliphatic rings. The monoisotopic (exact) mass is 440 g/mol. The number of nitrogens with two attached hydrogens (primary N) is 1. The van der Waals surface area contributed by atoms with Gasteiger partial charge in [-0.3, -0.25) is 4.55 Å². The Morgan fingerprint density at radius 3 is 2.39 bits per heavy atom. The third-order valence-corrected chi connectivity index (χ3v) is 3.79. The van der Waals surface area contributed by atoms with Crippen LogP contribution in [0.3, 0.4) is 0 Å². The molecule has 157 valence electrons. The number of carboxylic acid groups (broad SMARTS) is 1. The van der Waals surface area contributed by atoms with Crippen LogP contribution >= 0.6 is 0 Å². The average Bonchev–Trinajstić information content (AvgIpc) is 2.58. The summed E-state index contributed by atoms with van der Waals surface area (Å²) in [4.78, 5) is 21.7. The van der Waals surface area contributed by atoms with Gasteiger partial charge in [-0.25, -0.2) is 8.98 Å². The molecule has 1 rings (SSSR count). The van der Waals surface area contributed by atoms with Crippen molar-refractivity contribution >= 4 is 52.2 Å². The summed E-state index contributed by atoms with van der Waals surface area (Å²) in [5.41, 5.74) is 5.30. The molecule has 0 aromatic heterocycles. The van der Waals surface area contributed by atoms with Gasteiger partial charge >= 0.3 is 16.4 Å². The maximum Gasteiger partial charge on any atom is 0.397 e. The van der Waals surface area contributed by atoms with Crippen LogP contribution in [0.2, 0.25) is 0 Å². The van der Waals surface area contributed by atoms with Gasteiger partial charge in [-0.1, -0.05) is 0 Å². The van der Waals surface area contributed by atoms with E-state index in [1.807, 2.05) is 0 Å².